The molecule has 0 saturated heterocycles. The molecule has 16 heavy (non-hydrogen) atoms. The molecule has 0 saturated carbocycles. The summed E-state index contributed by atoms with van der Waals surface area (Å²) in [4.78, 5) is 0. The molecule has 0 rings (SSSR count). The van der Waals surface area contributed by atoms with E-state index in [2.05, 4.69) is 12.3 Å². The van der Waals surface area contributed by atoms with Crippen LogP contribution in [0.2, 0.25) is 0 Å². The third kappa shape index (κ3) is 25.3. The zero-order valence-electron chi connectivity index (χ0n) is 7.38. The normalized spacial score (nSPS) is 6.25. The molecule has 0 radical (unpaired) electrons. The van der Waals surface area contributed by atoms with Crippen LogP contribution in [0.3, 0.4) is 0 Å². The monoisotopic (exact) mass is 456 g/mol. The second kappa shape index (κ2) is 22.6. The van der Waals surface area contributed by atoms with E-state index in [1.165, 1.54) is 17.8 Å². The molecule has 0 aliphatic heterocycles. The summed E-state index contributed by atoms with van der Waals surface area (Å²) in [5.41, 5.74) is 0. The lowest BCUT2D eigenvalue weighted by Crippen LogP contribution is -1.38. The van der Waals surface area contributed by atoms with Crippen LogP contribution in [0, 0.1) is 12.3 Å². The van der Waals surface area contributed by atoms with E-state index in [0.29, 0.717) is 0 Å². The van der Waals surface area contributed by atoms with E-state index < -0.39 is 0 Å². The Labute approximate surface area is 137 Å². The van der Waals surface area contributed by atoms with Crippen molar-refractivity contribution in [2.75, 3.05) is 0 Å². The zero-order chi connectivity index (χ0) is 12.5. The average molecular weight is 457 g/mol. The molecule has 0 spiro atoms. The van der Waals surface area contributed by atoms with Gasteiger partial charge in [-0.1, -0.05) is 0 Å². The van der Waals surface area contributed by atoms with E-state index in [0.717, 1.165) is 0 Å². The molecule has 13 heteroatoms. The van der Waals surface area contributed by atoms with Crippen LogP contribution in [0.25, 0.3) is 0 Å². The predicted octanol–water partition coefficient (Wildman–Crippen LogP) is 0.608. The molecule has 0 fully saturated rings. The summed E-state index contributed by atoms with van der Waals surface area (Å²) in [5, 5.41) is 0. The van der Waals surface area contributed by atoms with Crippen LogP contribution < -0.4 is 0 Å². The van der Waals surface area contributed by atoms with Crippen molar-refractivity contribution < 1.29 is 0 Å². The van der Waals surface area contributed by atoms with Gasteiger partial charge in [0.15, 0.2) is 0 Å². The molecule has 0 atom stereocenters. The molecule has 0 aliphatic carbocycles. The molecule has 0 aromatic heterocycles. The summed E-state index contributed by atoms with van der Waals surface area (Å²) in [6.07, 6.45) is 4.60. The van der Waals surface area contributed by atoms with Crippen molar-refractivity contribution in [2.24, 2.45) is 0 Å². The van der Waals surface area contributed by atoms with Crippen molar-refractivity contribution >= 4 is 120 Å². The van der Waals surface area contributed by atoms with Crippen molar-refractivity contribution in [3.63, 3.8) is 0 Å². The van der Waals surface area contributed by atoms with E-state index in [1.54, 1.807) is 86.8 Å². The summed E-state index contributed by atoms with van der Waals surface area (Å²) in [6, 6.07) is 0. The molecule has 0 amide bonds. The van der Waals surface area contributed by atoms with Gasteiger partial charge >= 0.3 is 0 Å². The predicted molar refractivity (Wildman–Crippen MR) is 110 cm³/mol. The Morgan fingerprint density at radius 2 is 0.875 bits per heavy atom. The van der Waals surface area contributed by atoms with Gasteiger partial charge < -0.3 is 0 Å². The first kappa shape index (κ1) is 20.7. The van der Waals surface area contributed by atoms with Crippen LogP contribution in [-0.2, 0) is 120 Å². The van der Waals surface area contributed by atoms with Crippen LogP contribution in [-0.4, -0.2) is 0 Å². The minimum atomic E-state index is 1.36. The maximum absolute atomic E-state index is 4.70. The first-order chi connectivity index (χ1) is 7.83. The Hall–Kier alpha value is 2.42. The van der Waals surface area contributed by atoms with Gasteiger partial charge in [-0.25, -0.2) is 0 Å². The lowest BCUT2D eigenvalue weighted by molar-refractivity contribution is 1.94. The number of terminal acetylenes is 1. The fourth-order valence-electron chi connectivity index (χ4n) is 0.102. The van der Waals surface area contributed by atoms with Crippen molar-refractivity contribution in [1.29, 1.82) is 0 Å². The number of hydrogen-bond acceptors (Lipinski definition) is 2. The standard InChI is InChI=1S/C3H4.S13/c1-3-2;1-3-5-7-9-11-13-12-10-8-6-4-2/h1H,2H3;. The highest BCUT2D eigenvalue weighted by Crippen LogP contribution is 1.38. The Bertz CT molecular complexity index is 600. The summed E-state index contributed by atoms with van der Waals surface area (Å²) >= 11 is 9.40. The Morgan fingerprint density at radius 3 is 1.06 bits per heavy atom. The Balaban J connectivity index is 0. The molecule has 0 aromatic rings. The highest BCUT2D eigenvalue weighted by atomic mass is 33.5. The van der Waals surface area contributed by atoms with Crippen molar-refractivity contribution in [2.45, 2.75) is 6.92 Å². The molecular formula is C3H4S13. The highest BCUT2D eigenvalue weighted by Gasteiger charge is 1.39. The zero-order valence-corrected chi connectivity index (χ0v) is 18.0. The van der Waals surface area contributed by atoms with Crippen LogP contribution in [0.5, 0.6) is 0 Å². The highest BCUT2D eigenvalue weighted by molar-refractivity contribution is 8.75. The molecule has 0 unspecified atom stereocenters. The van der Waals surface area contributed by atoms with Crippen molar-refractivity contribution in [3.05, 3.63) is 0 Å². The molecular weight excluding hydrogens is 453 g/mol. The first-order valence-electron chi connectivity index (χ1n) is 2.79. The van der Waals surface area contributed by atoms with E-state index in [-0.39, 0.29) is 0 Å². The van der Waals surface area contributed by atoms with Gasteiger partial charge in [-0.2, -0.15) is 0 Å². The quantitative estimate of drug-likeness (QED) is 0.490. The number of hydrogen-bond donors (Lipinski definition) is 0. The largest absolute Gasteiger partial charge is 0.120 e. The van der Waals surface area contributed by atoms with E-state index in [9.17, 15) is 0 Å². The van der Waals surface area contributed by atoms with E-state index >= 15 is 0 Å². The van der Waals surface area contributed by atoms with Gasteiger partial charge in [-0.3, -0.25) is 0 Å². The fourth-order valence-corrected chi connectivity index (χ4v) is 24.8. The molecule has 0 nitrogen and oxygen atoms in total. The summed E-state index contributed by atoms with van der Waals surface area (Å²) in [7, 11) is 18.1. The van der Waals surface area contributed by atoms with Crippen LogP contribution in [0.15, 0.2) is 0 Å². The Morgan fingerprint density at radius 1 is 0.688 bits per heavy atom. The van der Waals surface area contributed by atoms with Crippen molar-refractivity contribution in [1.82, 2.24) is 0 Å². The van der Waals surface area contributed by atoms with Gasteiger partial charge in [0.2, 0.25) is 0 Å². The maximum Gasteiger partial charge on any atom is 0 e. The molecule has 0 aliphatic rings. The van der Waals surface area contributed by atoms with Gasteiger partial charge in [0, 0.05) is 120 Å². The van der Waals surface area contributed by atoms with E-state index in [1.807, 2.05) is 0 Å². The van der Waals surface area contributed by atoms with Crippen molar-refractivity contribution in [3.8, 4) is 12.3 Å². The SMILES string of the molecule is C#CC.S=S=S=S=S=S=S=S=S=S=S=S=S. The summed E-state index contributed by atoms with van der Waals surface area (Å²) in [5.74, 6) is 2.25. The molecule has 0 heterocycles. The summed E-state index contributed by atoms with van der Waals surface area (Å²) in [6.45, 7) is 1.65. The molecule has 0 N–H and O–H groups in total. The minimum Gasteiger partial charge on any atom is -0.120 e. The Kier molecular flexibility index (Phi) is 29.3. The van der Waals surface area contributed by atoms with Crippen LogP contribution in [0.4, 0.5) is 0 Å². The lowest BCUT2D eigenvalue weighted by atomic mass is 10.9. The molecule has 0 bridgehead atoms. The van der Waals surface area contributed by atoms with Gasteiger partial charge in [0.05, 0.1) is 0 Å². The average Bonchev–Trinajstić information content (AvgIpc) is 2.28. The van der Waals surface area contributed by atoms with Gasteiger partial charge in [0.25, 0.3) is 0 Å². The molecule has 94 valence electrons. The van der Waals surface area contributed by atoms with Gasteiger partial charge in [-0.15, -0.1) is 12.3 Å². The van der Waals surface area contributed by atoms with Crippen LogP contribution >= 0.6 is 0 Å². The topological polar surface area (TPSA) is 0 Å². The first-order valence-corrected chi connectivity index (χ1v) is 18.8. The maximum atomic E-state index is 4.70. The second-order valence-electron chi connectivity index (χ2n) is 1.04. The number of rotatable bonds is 0. The second-order valence-corrected chi connectivity index (χ2v) is 20.5. The van der Waals surface area contributed by atoms with Gasteiger partial charge in [-0.05, 0) is 6.92 Å². The lowest BCUT2D eigenvalue weighted by Gasteiger charge is -1.38. The van der Waals surface area contributed by atoms with Gasteiger partial charge in [0.1, 0.15) is 0 Å². The molecule has 0 aromatic carbocycles. The minimum absolute atomic E-state index is 1.36. The van der Waals surface area contributed by atoms with Crippen LogP contribution in [0.1, 0.15) is 6.92 Å². The summed E-state index contributed by atoms with van der Waals surface area (Å²) < 4.78 is 0. The smallest absolute Gasteiger partial charge is 0 e. The third-order valence-corrected chi connectivity index (χ3v) is 22.5. The fraction of sp³-hybridized carbons (Fsp3) is 0.333. The van der Waals surface area contributed by atoms with E-state index in [4.69, 9.17) is 22.4 Å². The third-order valence-electron chi connectivity index (χ3n) is 0.278.